The van der Waals surface area contributed by atoms with Gasteiger partial charge in [0.1, 0.15) is 6.04 Å². The van der Waals surface area contributed by atoms with Crippen LogP contribution in [0.25, 0.3) is 0 Å². The Kier molecular flexibility index (Phi) is 8.23. The van der Waals surface area contributed by atoms with Gasteiger partial charge in [0.05, 0.1) is 15.6 Å². The van der Waals surface area contributed by atoms with Gasteiger partial charge in [-0.25, -0.2) is 4.79 Å². The van der Waals surface area contributed by atoms with E-state index in [2.05, 4.69) is 10.3 Å². The molecule has 0 unspecified atom stereocenters. The molecule has 0 spiro atoms. The SMILES string of the molecule is O=C(N[C@@H](Cc1ccc(C2CCN(C(=O)c3ccncc3)CC2)cc1)C(=O)O)c1c(Cl)cccc1Cl. The molecule has 3 aromatic rings. The number of piperidine rings is 1. The summed E-state index contributed by atoms with van der Waals surface area (Å²) >= 11 is 12.2. The number of aliphatic carboxylic acids is 1. The molecule has 0 bridgehead atoms. The van der Waals surface area contributed by atoms with Crippen LogP contribution in [0.3, 0.4) is 0 Å². The normalized spacial score (nSPS) is 14.8. The van der Waals surface area contributed by atoms with Crippen LogP contribution < -0.4 is 5.32 Å². The highest BCUT2D eigenvalue weighted by Crippen LogP contribution is 2.29. The molecule has 2 N–H and O–H groups in total. The molecular weight excluding hydrogens is 501 g/mol. The van der Waals surface area contributed by atoms with Crippen LogP contribution in [0.5, 0.6) is 0 Å². The van der Waals surface area contributed by atoms with Gasteiger partial charge in [-0.3, -0.25) is 14.6 Å². The van der Waals surface area contributed by atoms with Crippen LogP contribution in [0.2, 0.25) is 10.0 Å². The molecule has 1 aliphatic heterocycles. The Hall–Kier alpha value is -3.42. The van der Waals surface area contributed by atoms with Crippen LogP contribution in [0, 0.1) is 0 Å². The molecular formula is C27H25Cl2N3O4. The number of hydrogen-bond donors (Lipinski definition) is 2. The molecule has 9 heteroatoms. The number of nitrogens with one attached hydrogen (secondary N) is 1. The first-order valence-corrected chi connectivity index (χ1v) is 12.3. The van der Waals surface area contributed by atoms with Crippen LogP contribution in [0.15, 0.2) is 67.0 Å². The lowest BCUT2D eigenvalue weighted by molar-refractivity contribution is -0.139. The predicted octanol–water partition coefficient (Wildman–Crippen LogP) is 4.83. The summed E-state index contributed by atoms with van der Waals surface area (Å²) in [6, 6.07) is 14.7. The summed E-state index contributed by atoms with van der Waals surface area (Å²) in [7, 11) is 0. The monoisotopic (exact) mass is 525 g/mol. The molecule has 0 aliphatic carbocycles. The number of amides is 2. The second-order valence-corrected chi connectivity index (χ2v) is 9.52. The van der Waals surface area contributed by atoms with E-state index in [1.54, 1.807) is 30.6 Å². The third-order valence-electron chi connectivity index (χ3n) is 6.39. The Labute approximate surface area is 219 Å². The van der Waals surface area contributed by atoms with Crippen LogP contribution in [-0.2, 0) is 11.2 Å². The molecule has 2 heterocycles. The summed E-state index contributed by atoms with van der Waals surface area (Å²) < 4.78 is 0. The first kappa shape index (κ1) is 25.7. The Morgan fingerprint density at radius 2 is 1.58 bits per heavy atom. The van der Waals surface area contributed by atoms with E-state index < -0.39 is 17.9 Å². The first-order valence-electron chi connectivity index (χ1n) is 11.6. The number of nitrogens with zero attached hydrogens (tertiary/aromatic N) is 2. The average molecular weight is 526 g/mol. The summed E-state index contributed by atoms with van der Waals surface area (Å²) in [5, 5.41) is 12.5. The molecule has 2 amide bonds. The zero-order chi connectivity index (χ0) is 25.7. The summed E-state index contributed by atoms with van der Waals surface area (Å²) in [4.78, 5) is 43.0. The highest BCUT2D eigenvalue weighted by Gasteiger charge is 2.26. The third-order valence-corrected chi connectivity index (χ3v) is 7.02. The summed E-state index contributed by atoms with van der Waals surface area (Å²) in [6.07, 6.45) is 5.05. The molecule has 1 aliphatic rings. The minimum Gasteiger partial charge on any atom is -0.480 e. The lowest BCUT2D eigenvalue weighted by atomic mass is 9.88. The van der Waals surface area contributed by atoms with Crippen molar-refractivity contribution in [3.8, 4) is 0 Å². The van der Waals surface area contributed by atoms with Gasteiger partial charge in [-0.05, 0) is 54.2 Å². The summed E-state index contributed by atoms with van der Waals surface area (Å²) in [5.41, 5.74) is 2.62. The van der Waals surface area contributed by atoms with E-state index in [9.17, 15) is 19.5 Å². The predicted molar refractivity (Wildman–Crippen MR) is 138 cm³/mol. The van der Waals surface area contributed by atoms with Crippen LogP contribution in [0.4, 0.5) is 0 Å². The molecule has 7 nitrogen and oxygen atoms in total. The quantitative estimate of drug-likeness (QED) is 0.460. The van der Waals surface area contributed by atoms with E-state index in [1.165, 1.54) is 12.1 Å². The lowest BCUT2D eigenvalue weighted by Crippen LogP contribution is -2.42. The number of carbonyl (C=O) groups excluding carboxylic acids is 2. The van der Waals surface area contributed by atoms with Gasteiger partial charge in [-0.1, -0.05) is 53.5 Å². The molecule has 36 heavy (non-hydrogen) atoms. The molecule has 1 fully saturated rings. The maximum atomic E-state index is 12.7. The maximum Gasteiger partial charge on any atom is 0.326 e. The minimum absolute atomic E-state index is 0.0195. The number of carboxylic acid groups (broad SMARTS) is 1. The van der Waals surface area contributed by atoms with E-state index in [0.29, 0.717) is 24.6 Å². The summed E-state index contributed by atoms with van der Waals surface area (Å²) in [5.74, 6) is -1.45. The van der Waals surface area contributed by atoms with Crippen LogP contribution in [-0.4, -0.2) is 51.9 Å². The van der Waals surface area contributed by atoms with Gasteiger partial charge >= 0.3 is 5.97 Å². The number of carboxylic acids is 1. The topological polar surface area (TPSA) is 99.6 Å². The van der Waals surface area contributed by atoms with Gasteiger partial charge in [0, 0.05) is 37.5 Å². The highest BCUT2D eigenvalue weighted by atomic mass is 35.5. The average Bonchev–Trinajstić information content (AvgIpc) is 2.89. The molecule has 2 aromatic carbocycles. The molecule has 1 atom stereocenters. The van der Waals surface area contributed by atoms with Gasteiger partial charge in [0.2, 0.25) is 0 Å². The molecule has 4 rings (SSSR count). The molecule has 1 saturated heterocycles. The van der Waals surface area contributed by atoms with Crippen molar-refractivity contribution in [2.24, 2.45) is 0 Å². The van der Waals surface area contributed by atoms with Crippen molar-refractivity contribution in [1.29, 1.82) is 0 Å². The van der Waals surface area contributed by atoms with E-state index in [0.717, 1.165) is 24.0 Å². The van der Waals surface area contributed by atoms with Gasteiger partial charge in [-0.2, -0.15) is 0 Å². The third kappa shape index (κ3) is 6.04. The smallest absolute Gasteiger partial charge is 0.326 e. The lowest BCUT2D eigenvalue weighted by Gasteiger charge is -2.32. The van der Waals surface area contributed by atoms with Crippen molar-refractivity contribution in [1.82, 2.24) is 15.2 Å². The number of halogens is 2. The Morgan fingerprint density at radius 3 is 2.17 bits per heavy atom. The fourth-order valence-electron chi connectivity index (χ4n) is 4.40. The largest absolute Gasteiger partial charge is 0.480 e. The van der Waals surface area contributed by atoms with Gasteiger partial charge in [0.15, 0.2) is 0 Å². The highest BCUT2D eigenvalue weighted by molar-refractivity contribution is 6.39. The van der Waals surface area contributed by atoms with E-state index in [1.807, 2.05) is 29.2 Å². The zero-order valence-electron chi connectivity index (χ0n) is 19.4. The van der Waals surface area contributed by atoms with Crippen molar-refractivity contribution in [3.05, 3.63) is 99.3 Å². The number of pyridine rings is 1. The first-order chi connectivity index (χ1) is 17.3. The number of benzene rings is 2. The van der Waals surface area contributed by atoms with Crippen LogP contribution >= 0.6 is 23.2 Å². The van der Waals surface area contributed by atoms with Crippen molar-refractivity contribution in [2.75, 3.05) is 13.1 Å². The number of rotatable bonds is 7. The molecule has 0 saturated carbocycles. The maximum absolute atomic E-state index is 12.7. The fourth-order valence-corrected chi connectivity index (χ4v) is 4.97. The van der Waals surface area contributed by atoms with Gasteiger partial charge in [0.25, 0.3) is 11.8 Å². The Morgan fingerprint density at radius 1 is 0.972 bits per heavy atom. The van der Waals surface area contributed by atoms with Gasteiger partial charge < -0.3 is 15.3 Å². The Bertz CT molecular complexity index is 1220. The number of aromatic nitrogens is 1. The van der Waals surface area contributed by atoms with Crippen molar-refractivity contribution in [3.63, 3.8) is 0 Å². The minimum atomic E-state index is -1.15. The van der Waals surface area contributed by atoms with Crippen LogP contribution in [0.1, 0.15) is 50.6 Å². The Balaban J connectivity index is 1.35. The standard InChI is InChI=1S/C27H25Cl2N3O4/c28-21-2-1-3-22(29)24(21)25(33)31-23(27(35)36)16-17-4-6-18(7-5-17)19-10-14-32(15-11-19)26(34)20-8-12-30-13-9-20/h1-9,12-13,19,23H,10-11,14-16H2,(H,31,33)(H,35,36)/t23-/m0/s1. The van der Waals surface area contributed by atoms with Crippen molar-refractivity contribution < 1.29 is 19.5 Å². The number of likely N-dealkylation sites (tertiary alicyclic amines) is 1. The number of carbonyl (C=O) groups is 3. The molecule has 0 radical (unpaired) electrons. The fraction of sp³-hybridized carbons (Fsp3) is 0.259. The van der Waals surface area contributed by atoms with Crippen molar-refractivity contribution >= 4 is 41.0 Å². The van der Waals surface area contributed by atoms with E-state index in [4.69, 9.17) is 23.2 Å². The second-order valence-electron chi connectivity index (χ2n) is 8.71. The van der Waals surface area contributed by atoms with Gasteiger partial charge in [-0.15, -0.1) is 0 Å². The van der Waals surface area contributed by atoms with Crippen molar-refractivity contribution in [2.45, 2.75) is 31.2 Å². The van der Waals surface area contributed by atoms with E-state index in [-0.39, 0.29) is 27.9 Å². The zero-order valence-corrected chi connectivity index (χ0v) is 20.9. The molecule has 1 aromatic heterocycles. The molecule has 186 valence electrons. The summed E-state index contributed by atoms with van der Waals surface area (Å²) in [6.45, 7) is 1.34. The van der Waals surface area contributed by atoms with E-state index >= 15 is 0 Å². The second kappa shape index (κ2) is 11.5. The number of hydrogen-bond acceptors (Lipinski definition) is 4.